The molecule has 0 spiro atoms. The van der Waals surface area contributed by atoms with Gasteiger partial charge in [0.2, 0.25) is 0 Å². The van der Waals surface area contributed by atoms with Crippen molar-refractivity contribution in [1.82, 2.24) is 4.90 Å². The van der Waals surface area contributed by atoms with Crippen molar-refractivity contribution in [3.8, 4) is 0 Å². The number of imide groups is 1. The lowest BCUT2D eigenvalue weighted by Crippen LogP contribution is -2.42. The quantitative estimate of drug-likeness (QED) is 0.598. The Hall–Kier alpha value is -3.48. The first-order chi connectivity index (χ1) is 13.5. The van der Waals surface area contributed by atoms with E-state index in [1.165, 1.54) is 19.1 Å². The Morgan fingerprint density at radius 2 is 1.61 bits per heavy atom. The normalized spacial score (nSPS) is 16.0. The number of ether oxygens (including phenoxy) is 1. The van der Waals surface area contributed by atoms with E-state index in [1.807, 2.05) is 24.3 Å². The van der Waals surface area contributed by atoms with Crippen molar-refractivity contribution in [2.24, 2.45) is 0 Å². The number of carbonyl (C=O) groups excluding carboxylic acids is 4. The molecule has 7 nitrogen and oxygen atoms in total. The molecule has 2 aromatic rings. The Balaban J connectivity index is 1.40. The lowest BCUT2D eigenvalue weighted by atomic mass is 10.1. The van der Waals surface area contributed by atoms with Crippen LogP contribution >= 0.6 is 0 Å². The van der Waals surface area contributed by atoms with E-state index < -0.39 is 30.4 Å². The van der Waals surface area contributed by atoms with Crippen molar-refractivity contribution in [2.45, 2.75) is 19.4 Å². The minimum atomic E-state index is -1.02. The van der Waals surface area contributed by atoms with E-state index in [4.69, 9.17) is 4.74 Å². The number of benzene rings is 2. The first-order valence-electron chi connectivity index (χ1n) is 9.01. The van der Waals surface area contributed by atoms with Crippen LogP contribution in [0, 0.1) is 0 Å². The number of esters is 1. The highest BCUT2D eigenvalue weighted by atomic mass is 16.5. The standard InChI is InChI=1S/C21H18N2O5/c1-13(19(25)22-11-10-14-6-2-5-9-17(14)22)28-18(24)12-23-20(26)15-7-3-4-8-16(15)21(23)27/h2-9,13H,10-12H2,1H3. The van der Waals surface area contributed by atoms with Crippen LogP contribution in [-0.4, -0.2) is 47.8 Å². The van der Waals surface area contributed by atoms with E-state index >= 15 is 0 Å². The van der Waals surface area contributed by atoms with Crippen LogP contribution in [0.5, 0.6) is 0 Å². The van der Waals surface area contributed by atoms with Crippen molar-refractivity contribution in [3.63, 3.8) is 0 Å². The van der Waals surface area contributed by atoms with E-state index in [-0.39, 0.29) is 17.0 Å². The Labute approximate surface area is 161 Å². The fourth-order valence-electron chi connectivity index (χ4n) is 3.58. The molecule has 0 saturated heterocycles. The van der Waals surface area contributed by atoms with Crippen LogP contribution in [0.4, 0.5) is 5.69 Å². The zero-order valence-corrected chi connectivity index (χ0v) is 15.3. The number of carbonyl (C=O) groups is 4. The second-order valence-electron chi connectivity index (χ2n) is 6.74. The third-order valence-corrected chi connectivity index (χ3v) is 4.97. The maximum atomic E-state index is 12.7. The molecule has 1 unspecified atom stereocenters. The summed E-state index contributed by atoms with van der Waals surface area (Å²) < 4.78 is 5.22. The number of para-hydroxylation sites is 1. The molecule has 0 N–H and O–H groups in total. The number of amides is 3. The van der Waals surface area contributed by atoms with Crippen LogP contribution in [0.15, 0.2) is 48.5 Å². The summed E-state index contributed by atoms with van der Waals surface area (Å²) in [5.41, 5.74) is 2.41. The van der Waals surface area contributed by atoms with E-state index in [0.717, 1.165) is 22.6 Å². The molecule has 2 aliphatic rings. The van der Waals surface area contributed by atoms with Crippen molar-refractivity contribution in [2.75, 3.05) is 18.0 Å². The molecule has 2 aromatic carbocycles. The molecule has 0 fully saturated rings. The first kappa shape index (κ1) is 17.9. The van der Waals surface area contributed by atoms with Crippen molar-refractivity contribution < 1.29 is 23.9 Å². The van der Waals surface area contributed by atoms with Crippen LogP contribution in [0.25, 0.3) is 0 Å². The second-order valence-corrected chi connectivity index (χ2v) is 6.74. The molecule has 0 aliphatic carbocycles. The zero-order chi connectivity index (χ0) is 19.8. The Kier molecular flexibility index (Phi) is 4.43. The molecule has 0 radical (unpaired) electrons. The van der Waals surface area contributed by atoms with E-state index in [1.54, 1.807) is 17.0 Å². The van der Waals surface area contributed by atoms with Crippen molar-refractivity contribution in [1.29, 1.82) is 0 Å². The Morgan fingerprint density at radius 3 is 2.29 bits per heavy atom. The van der Waals surface area contributed by atoms with Gasteiger partial charge in [0, 0.05) is 12.2 Å². The van der Waals surface area contributed by atoms with Gasteiger partial charge in [-0.2, -0.15) is 0 Å². The summed E-state index contributed by atoms with van der Waals surface area (Å²) >= 11 is 0. The molecule has 28 heavy (non-hydrogen) atoms. The van der Waals surface area contributed by atoms with E-state index in [2.05, 4.69) is 0 Å². The van der Waals surface area contributed by atoms with Crippen LogP contribution < -0.4 is 4.90 Å². The van der Waals surface area contributed by atoms with E-state index in [0.29, 0.717) is 6.54 Å². The minimum absolute atomic E-state index is 0.262. The molecular formula is C21H18N2O5. The average Bonchev–Trinajstić information content (AvgIpc) is 3.23. The predicted octanol–water partition coefficient (Wildman–Crippen LogP) is 1.80. The number of hydrogen-bond donors (Lipinski definition) is 0. The monoisotopic (exact) mass is 378 g/mol. The van der Waals surface area contributed by atoms with Gasteiger partial charge in [-0.05, 0) is 37.1 Å². The number of rotatable bonds is 4. The average molecular weight is 378 g/mol. The molecule has 0 aromatic heterocycles. The fourth-order valence-corrected chi connectivity index (χ4v) is 3.58. The summed E-state index contributed by atoms with van der Waals surface area (Å²) in [6.07, 6.45) is -0.272. The van der Waals surface area contributed by atoms with Crippen LogP contribution in [-0.2, 0) is 20.7 Å². The highest BCUT2D eigenvalue weighted by molar-refractivity contribution is 6.22. The SMILES string of the molecule is CC(OC(=O)CN1C(=O)c2ccccc2C1=O)C(=O)N1CCc2ccccc21. The highest BCUT2D eigenvalue weighted by Gasteiger charge is 2.37. The minimum Gasteiger partial charge on any atom is -0.451 e. The Bertz CT molecular complexity index is 965. The van der Waals surface area contributed by atoms with Crippen molar-refractivity contribution in [3.05, 3.63) is 65.2 Å². The number of hydrogen-bond acceptors (Lipinski definition) is 5. The molecule has 2 heterocycles. The second kappa shape index (κ2) is 6.92. The smallest absolute Gasteiger partial charge is 0.326 e. The molecule has 142 valence electrons. The molecule has 0 bridgehead atoms. The van der Waals surface area contributed by atoms with Crippen LogP contribution in [0.2, 0.25) is 0 Å². The maximum absolute atomic E-state index is 12.7. The summed E-state index contributed by atoms with van der Waals surface area (Å²) in [6.45, 7) is 1.49. The van der Waals surface area contributed by atoms with Gasteiger partial charge < -0.3 is 9.64 Å². The fraction of sp³-hybridized carbons (Fsp3) is 0.238. The summed E-state index contributed by atoms with van der Waals surface area (Å²) in [5, 5.41) is 0. The molecule has 3 amide bonds. The van der Waals surface area contributed by atoms with Gasteiger partial charge in [0.1, 0.15) is 6.54 Å². The third-order valence-electron chi connectivity index (χ3n) is 4.97. The summed E-state index contributed by atoms with van der Waals surface area (Å²) in [5.74, 6) is -2.21. The lowest BCUT2D eigenvalue weighted by molar-refractivity contribution is -0.154. The largest absolute Gasteiger partial charge is 0.451 e. The van der Waals surface area contributed by atoms with Gasteiger partial charge in [0.15, 0.2) is 6.10 Å². The van der Waals surface area contributed by atoms with Gasteiger partial charge in [0.25, 0.3) is 17.7 Å². The number of fused-ring (bicyclic) bond motifs is 2. The molecule has 4 rings (SSSR count). The highest BCUT2D eigenvalue weighted by Crippen LogP contribution is 2.28. The predicted molar refractivity (Wildman–Crippen MR) is 99.9 cm³/mol. The molecule has 0 saturated carbocycles. The summed E-state index contributed by atoms with van der Waals surface area (Å²) in [6, 6.07) is 14.0. The van der Waals surface area contributed by atoms with Gasteiger partial charge >= 0.3 is 5.97 Å². The lowest BCUT2D eigenvalue weighted by Gasteiger charge is -2.22. The van der Waals surface area contributed by atoms with Gasteiger partial charge in [-0.3, -0.25) is 24.1 Å². The van der Waals surface area contributed by atoms with Gasteiger partial charge in [-0.1, -0.05) is 30.3 Å². The van der Waals surface area contributed by atoms with E-state index in [9.17, 15) is 19.2 Å². The third kappa shape index (κ3) is 2.94. The number of anilines is 1. The van der Waals surface area contributed by atoms with Gasteiger partial charge in [0.05, 0.1) is 11.1 Å². The summed E-state index contributed by atoms with van der Waals surface area (Å²) in [4.78, 5) is 52.1. The van der Waals surface area contributed by atoms with Crippen molar-refractivity contribution >= 4 is 29.4 Å². The van der Waals surface area contributed by atoms with Crippen LogP contribution in [0.3, 0.4) is 0 Å². The van der Waals surface area contributed by atoms with Crippen LogP contribution in [0.1, 0.15) is 33.2 Å². The van der Waals surface area contributed by atoms with Gasteiger partial charge in [-0.25, -0.2) is 0 Å². The zero-order valence-electron chi connectivity index (χ0n) is 15.3. The topological polar surface area (TPSA) is 84.0 Å². The molecule has 2 aliphatic heterocycles. The van der Waals surface area contributed by atoms with Gasteiger partial charge in [-0.15, -0.1) is 0 Å². The molecular weight excluding hydrogens is 360 g/mol. The molecule has 7 heteroatoms. The maximum Gasteiger partial charge on any atom is 0.326 e. The Morgan fingerprint density at radius 1 is 1.00 bits per heavy atom. The molecule has 1 atom stereocenters. The first-order valence-corrected chi connectivity index (χ1v) is 9.01. The number of nitrogens with zero attached hydrogens (tertiary/aromatic N) is 2. The summed E-state index contributed by atoms with van der Waals surface area (Å²) in [7, 11) is 0.